The van der Waals surface area contributed by atoms with Gasteiger partial charge < -0.3 is 10.5 Å². The van der Waals surface area contributed by atoms with Gasteiger partial charge in [-0.25, -0.2) is 8.78 Å². The molecule has 2 N–H and O–H groups in total. The topological polar surface area (TPSA) is 35.2 Å². The zero-order chi connectivity index (χ0) is 14.7. The van der Waals surface area contributed by atoms with Gasteiger partial charge in [-0.3, -0.25) is 0 Å². The van der Waals surface area contributed by atoms with Crippen LogP contribution in [0.5, 0.6) is 5.75 Å². The molecule has 0 saturated carbocycles. The van der Waals surface area contributed by atoms with E-state index in [0.717, 1.165) is 0 Å². The lowest BCUT2D eigenvalue weighted by atomic mass is 10.1. The molecule has 0 aliphatic carbocycles. The molecule has 2 nitrogen and oxygen atoms in total. The molecule has 2 aromatic rings. The van der Waals surface area contributed by atoms with Crippen LogP contribution in [0.1, 0.15) is 24.1 Å². The Balaban J connectivity index is 2.23. The largest absolute Gasteiger partial charge is 0.488 e. The van der Waals surface area contributed by atoms with E-state index >= 15 is 0 Å². The molecule has 0 bridgehead atoms. The van der Waals surface area contributed by atoms with Gasteiger partial charge in [-0.15, -0.1) is 0 Å². The molecule has 0 radical (unpaired) electrons. The van der Waals surface area contributed by atoms with Crippen LogP contribution in [0.25, 0.3) is 0 Å². The molecule has 0 saturated heterocycles. The monoisotopic (exact) mass is 297 g/mol. The van der Waals surface area contributed by atoms with Crippen LogP contribution in [0.3, 0.4) is 0 Å². The molecule has 1 atom stereocenters. The summed E-state index contributed by atoms with van der Waals surface area (Å²) in [6, 6.07) is 8.35. The predicted molar refractivity (Wildman–Crippen MR) is 74.7 cm³/mol. The van der Waals surface area contributed by atoms with Gasteiger partial charge >= 0.3 is 0 Å². The number of nitrogens with two attached hydrogens (primary N) is 1. The third-order valence-electron chi connectivity index (χ3n) is 2.90. The molecular formula is C15H14ClF2NO. The van der Waals surface area contributed by atoms with E-state index < -0.39 is 11.6 Å². The SMILES string of the molecule is CC(N)c1cc(Cl)ccc1OCc1c(F)cccc1F. The van der Waals surface area contributed by atoms with E-state index in [1.165, 1.54) is 18.2 Å². The summed E-state index contributed by atoms with van der Waals surface area (Å²) < 4.78 is 32.5. The number of benzene rings is 2. The molecule has 106 valence electrons. The number of hydrogen-bond donors (Lipinski definition) is 1. The summed E-state index contributed by atoms with van der Waals surface area (Å²) in [6.45, 7) is 1.57. The Morgan fingerprint density at radius 3 is 2.45 bits per heavy atom. The Labute approximate surface area is 121 Å². The lowest BCUT2D eigenvalue weighted by Crippen LogP contribution is -2.09. The van der Waals surface area contributed by atoms with Crippen molar-refractivity contribution in [2.45, 2.75) is 19.6 Å². The second kappa shape index (κ2) is 6.20. The number of hydrogen-bond acceptors (Lipinski definition) is 2. The van der Waals surface area contributed by atoms with E-state index in [1.54, 1.807) is 25.1 Å². The van der Waals surface area contributed by atoms with Crippen LogP contribution in [0, 0.1) is 11.6 Å². The summed E-state index contributed by atoms with van der Waals surface area (Å²) in [5.74, 6) is -0.810. The fourth-order valence-electron chi connectivity index (χ4n) is 1.83. The third kappa shape index (κ3) is 3.26. The van der Waals surface area contributed by atoms with Gasteiger partial charge in [0.15, 0.2) is 0 Å². The van der Waals surface area contributed by atoms with Gasteiger partial charge in [0.1, 0.15) is 24.0 Å². The van der Waals surface area contributed by atoms with Gasteiger partial charge in [-0.1, -0.05) is 17.7 Å². The molecule has 5 heteroatoms. The first-order valence-corrected chi connectivity index (χ1v) is 6.47. The van der Waals surface area contributed by atoms with Gasteiger partial charge in [-0.2, -0.15) is 0 Å². The molecule has 1 unspecified atom stereocenters. The summed E-state index contributed by atoms with van der Waals surface area (Å²) in [5.41, 5.74) is 6.40. The van der Waals surface area contributed by atoms with Crippen molar-refractivity contribution in [2.24, 2.45) is 5.73 Å². The third-order valence-corrected chi connectivity index (χ3v) is 3.13. The first kappa shape index (κ1) is 14.8. The molecule has 2 aromatic carbocycles. The first-order valence-electron chi connectivity index (χ1n) is 6.09. The number of rotatable bonds is 4. The fraction of sp³-hybridized carbons (Fsp3) is 0.200. The van der Waals surface area contributed by atoms with Crippen LogP contribution >= 0.6 is 11.6 Å². The van der Waals surface area contributed by atoms with Crippen molar-refractivity contribution in [3.8, 4) is 5.75 Å². The maximum Gasteiger partial charge on any atom is 0.132 e. The average Bonchev–Trinajstić information content (AvgIpc) is 2.39. The van der Waals surface area contributed by atoms with Crippen LogP contribution in [-0.2, 0) is 6.61 Å². The number of halogens is 3. The van der Waals surface area contributed by atoms with Gasteiger partial charge in [0.05, 0.1) is 5.56 Å². The van der Waals surface area contributed by atoms with E-state index in [4.69, 9.17) is 22.1 Å². The molecule has 0 amide bonds. The Morgan fingerprint density at radius 1 is 1.20 bits per heavy atom. The van der Waals surface area contributed by atoms with Gasteiger partial charge in [0, 0.05) is 16.6 Å². The molecule has 0 spiro atoms. The molecule has 0 aliphatic heterocycles. The molecule has 0 aliphatic rings. The average molecular weight is 298 g/mol. The van der Waals surface area contributed by atoms with Crippen molar-refractivity contribution in [1.29, 1.82) is 0 Å². The maximum absolute atomic E-state index is 13.5. The molecule has 0 aromatic heterocycles. The van der Waals surface area contributed by atoms with E-state index in [2.05, 4.69) is 0 Å². The minimum atomic E-state index is -0.638. The van der Waals surface area contributed by atoms with Crippen molar-refractivity contribution < 1.29 is 13.5 Å². The van der Waals surface area contributed by atoms with E-state index in [0.29, 0.717) is 16.3 Å². The van der Waals surface area contributed by atoms with Gasteiger partial charge in [-0.05, 0) is 37.3 Å². The summed E-state index contributed by atoms with van der Waals surface area (Å²) in [5, 5.41) is 0.529. The lowest BCUT2D eigenvalue weighted by Gasteiger charge is -2.15. The van der Waals surface area contributed by atoms with Crippen LogP contribution < -0.4 is 10.5 Å². The second-order valence-corrected chi connectivity index (χ2v) is 4.90. The van der Waals surface area contributed by atoms with Crippen LogP contribution in [-0.4, -0.2) is 0 Å². The fourth-order valence-corrected chi connectivity index (χ4v) is 2.01. The molecule has 20 heavy (non-hydrogen) atoms. The van der Waals surface area contributed by atoms with Crippen molar-refractivity contribution in [1.82, 2.24) is 0 Å². The highest BCUT2D eigenvalue weighted by molar-refractivity contribution is 6.30. The number of ether oxygens (including phenoxy) is 1. The van der Waals surface area contributed by atoms with Crippen LogP contribution in [0.15, 0.2) is 36.4 Å². The first-order chi connectivity index (χ1) is 9.49. The zero-order valence-corrected chi connectivity index (χ0v) is 11.6. The van der Waals surface area contributed by atoms with Crippen molar-refractivity contribution >= 4 is 11.6 Å². The predicted octanol–water partition coefficient (Wildman–Crippen LogP) is 4.22. The quantitative estimate of drug-likeness (QED) is 0.917. The highest BCUT2D eigenvalue weighted by Gasteiger charge is 2.12. The summed E-state index contributed by atoms with van der Waals surface area (Å²) in [6.07, 6.45) is 0. The molecule has 0 fully saturated rings. The zero-order valence-electron chi connectivity index (χ0n) is 10.9. The smallest absolute Gasteiger partial charge is 0.132 e. The summed E-state index contributed by atoms with van der Waals surface area (Å²) >= 11 is 5.90. The van der Waals surface area contributed by atoms with E-state index in [-0.39, 0.29) is 18.2 Å². The lowest BCUT2D eigenvalue weighted by molar-refractivity contribution is 0.288. The summed E-state index contributed by atoms with van der Waals surface area (Å²) in [7, 11) is 0. The highest BCUT2D eigenvalue weighted by Crippen LogP contribution is 2.28. The Bertz CT molecular complexity index is 597. The Morgan fingerprint density at radius 2 is 1.85 bits per heavy atom. The van der Waals surface area contributed by atoms with Gasteiger partial charge in [0.2, 0.25) is 0 Å². The van der Waals surface area contributed by atoms with E-state index in [1.807, 2.05) is 0 Å². The van der Waals surface area contributed by atoms with Crippen molar-refractivity contribution in [3.05, 3.63) is 64.2 Å². The van der Waals surface area contributed by atoms with Crippen molar-refractivity contribution in [2.75, 3.05) is 0 Å². The van der Waals surface area contributed by atoms with Gasteiger partial charge in [0.25, 0.3) is 0 Å². The van der Waals surface area contributed by atoms with Crippen LogP contribution in [0.4, 0.5) is 8.78 Å². The van der Waals surface area contributed by atoms with Crippen molar-refractivity contribution in [3.63, 3.8) is 0 Å². The minimum Gasteiger partial charge on any atom is -0.488 e. The molecule has 2 rings (SSSR count). The maximum atomic E-state index is 13.5. The Hall–Kier alpha value is -1.65. The standard InChI is InChI=1S/C15H14ClF2NO/c1-9(19)11-7-10(16)5-6-15(11)20-8-12-13(17)3-2-4-14(12)18/h2-7,9H,8,19H2,1H3. The highest BCUT2D eigenvalue weighted by atomic mass is 35.5. The molecule has 0 heterocycles. The second-order valence-electron chi connectivity index (χ2n) is 4.46. The minimum absolute atomic E-state index is 0.113. The normalized spacial score (nSPS) is 12.2. The Kier molecular flexibility index (Phi) is 4.57. The van der Waals surface area contributed by atoms with Crippen LogP contribution in [0.2, 0.25) is 5.02 Å². The van der Waals surface area contributed by atoms with E-state index in [9.17, 15) is 8.78 Å². The molecular weight excluding hydrogens is 284 g/mol. The summed E-state index contributed by atoms with van der Waals surface area (Å²) in [4.78, 5) is 0.